The Kier molecular flexibility index (Phi) is 36.2. The summed E-state index contributed by atoms with van der Waals surface area (Å²) < 4.78 is 23.1. The van der Waals surface area contributed by atoms with Crippen molar-refractivity contribution in [1.82, 2.24) is 5.32 Å². The van der Waals surface area contributed by atoms with Gasteiger partial charge in [0.1, 0.15) is 13.2 Å². The van der Waals surface area contributed by atoms with Gasteiger partial charge in [0.2, 0.25) is 5.91 Å². The molecule has 0 aliphatic heterocycles. The minimum absolute atomic E-state index is 0.0173. The highest BCUT2D eigenvalue weighted by Gasteiger charge is 2.23. The normalized spacial score (nSPS) is 15.3. The van der Waals surface area contributed by atoms with Crippen LogP contribution in [-0.4, -0.2) is 68.5 Å². The fraction of sp³-hybridized carbons (Fsp3) is 0.638. The number of nitrogens with zero attached hydrogens (tertiary/aromatic N) is 1. The van der Waals surface area contributed by atoms with Gasteiger partial charge in [-0.1, -0.05) is 150 Å². The Balaban J connectivity index is 4.42. The highest BCUT2D eigenvalue weighted by Crippen LogP contribution is 2.38. The lowest BCUT2D eigenvalue weighted by molar-refractivity contribution is -0.870. The number of hydrogen-bond donors (Lipinski definition) is 2. The third kappa shape index (κ3) is 39.6. The van der Waals surface area contributed by atoms with Crippen LogP contribution in [0.2, 0.25) is 0 Å². The number of amides is 1. The first-order chi connectivity index (χ1) is 27.0. The number of nitrogens with one attached hydrogen (secondary N) is 1. The van der Waals surface area contributed by atoms with Gasteiger partial charge in [0.15, 0.2) is 0 Å². The molecule has 0 spiro atoms. The van der Waals surface area contributed by atoms with Crippen LogP contribution in [0.3, 0.4) is 0 Å². The number of likely N-dealkylation sites (N-methyl/N-ethyl adjacent to an activating group) is 1. The minimum atomic E-state index is -4.60. The summed E-state index contributed by atoms with van der Waals surface area (Å²) in [5.41, 5.74) is 0. The van der Waals surface area contributed by atoms with E-state index in [1.165, 1.54) is 19.3 Å². The first-order valence-corrected chi connectivity index (χ1v) is 23.1. The van der Waals surface area contributed by atoms with Gasteiger partial charge < -0.3 is 28.8 Å². The van der Waals surface area contributed by atoms with Crippen molar-refractivity contribution in [3.05, 3.63) is 97.2 Å². The monoisotopic (exact) mass is 801 g/mol. The maximum absolute atomic E-state index is 12.8. The van der Waals surface area contributed by atoms with Crippen molar-refractivity contribution in [2.24, 2.45) is 0 Å². The van der Waals surface area contributed by atoms with E-state index in [4.69, 9.17) is 9.05 Å². The number of carbonyl (C=O) groups excluding carboxylic acids is 1. The fourth-order valence-corrected chi connectivity index (χ4v) is 6.06. The quantitative estimate of drug-likeness (QED) is 0.0280. The van der Waals surface area contributed by atoms with Crippen molar-refractivity contribution in [3.63, 3.8) is 0 Å². The first-order valence-electron chi connectivity index (χ1n) is 21.6. The lowest BCUT2D eigenvalue weighted by atomic mass is 10.1. The molecular formula is C47H81N2O6P. The Morgan fingerprint density at radius 1 is 0.643 bits per heavy atom. The topological polar surface area (TPSA) is 108 Å². The van der Waals surface area contributed by atoms with Crippen LogP contribution in [0.1, 0.15) is 142 Å². The summed E-state index contributed by atoms with van der Waals surface area (Å²) in [6, 6.07) is -0.920. The molecule has 0 fully saturated rings. The molecule has 0 aliphatic rings. The second-order valence-corrected chi connectivity index (χ2v) is 16.7. The van der Waals surface area contributed by atoms with E-state index in [9.17, 15) is 19.4 Å². The van der Waals surface area contributed by atoms with Gasteiger partial charge in [0.25, 0.3) is 7.82 Å². The Morgan fingerprint density at radius 3 is 1.64 bits per heavy atom. The summed E-state index contributed by atoms with van der Waals surface area (Å²) in [6.07, 6.45) is 53.2. The van der Waals surface area contributed by atoms with E-state index >= 15 is 0 Å². The minimum Gasteiger partial charge on any atom is -0.756 e. The zero-order chi connectivity index (χ0) is 41.4. The number of quaternary nitrogens is 1. The molecule has 3 atom stereocenters. The predicted octanol–water partition coefficient (Wildman–Crippen LogP) is 11.3. The molecule has 0 aliphatic carbocycles. The molecule has 0 aromatic heterocycles. The molecule has 3 unspecified atom stereocenters. The summed E-state index contributed by atoms with van der Waals surface area (Å²) >= 11 is 0. The van der Waals surface area contributed by atoms with Gasteiger partial charge in [-0.05, 0) is 83.5 Å². The second-order valence-electron chi connectivity index (χ2n) is 15.3. The Bertz CT molecular complexity index is 1230. The zero-order valence-electron chi connectivity index (χ0n) is 36.0. The molecule has 56 heavy (non-hydrogen) atoms. The molecule has 0 rings (SSSR count). The largest absolute Gasteiger partial charge is 0.756 e. The van der Waals surface area contributed by atoms with Gasteiger partial charge in [-0.3, -0.25) is 9.36 Å². The average molecular weight is 801 g/mol. The van der Waals surface area contributed by atoms with E-state index in [-0.39, 0.29) is 12.5 Å². The second kappa shape index (κ2) is 38.0. The zero-order valence-corrected chi connectivity index (χ0v) is 36.9. The van der Waals surface area contributed by atoms with Gasteiger partial charge in [0.05, 0.1) is 39.9 Å². The van der Waals surface area contributed by atoms with Gasteiger partial charge in [0, 0.05) is 6.42 Å². The highest BCUT2D eigenvalue weighted by molar-refractivity contribution is 7.45. The van der Waals surface area contributed by atoms with Crippen LogP contribution in [0.5, 0.6) is 0 Å². The summed E-state index contributed by atoms with van der Waals surface area (Å²) in [4.78, 5) is 25.2. The molecule has 0 saturated heterocycles. The van der Waals surface area contributed by atoms with Crippen molar-refractivity contribution < 1.29 is 32.9 Å². The summed E-state index contributed by atoms with van der Waals surface area (Å²) in [5, 5.41) is 13.7. The smallest absolute Gasteiger partial charge is 0.268 e. The van der Waals surface area contributed by atoms with E-state index < -0.39 is 26.6 Å². The molecule has 8 nitrogen and oxygen atoms in total. The number of allylic oxidation sites excluding steroid dienone is 15. The number of phosphoric ester groups is 1. The van der Waals surface area contributed by atoms with Crippen LogP contribution in [0.25, 0.3) is 0 Å². The number of phosphoric acid groups is 1. The molecule has 0 heterocycles. The number of carbonyl (C=O) groups is 1. The summed E-state index contributed by atoms with van der Waals surface area (Å²) in [5.74, 6) is -0.231. The van der Waals surface area contributed by atoms with Gasteiger partial charge in [-0.15, -0.1) is 0 Å². The molecule has 2 N–H and O–H groups in total. The SMILES string of the molecule is CC/C=C\C/C=C\C/C=C\C/C=C\C/C=C\CCCCCCCCCC(=O)NC(COP(=O)([O-])OCC[N+](C)(C)C)C(O)/C=C/CC/C=C/CC/C=C/CCC. The molecule has 0 bridgehead atoms. The standard InChI is InChI=1S/C47H81N2O6P/c1-6-8-10-12-14-16-18-19-20-21-22-23-24-25-26-27-28-29-31-33-35-37-39-41-47(51)48-45(44-55-56(52,53)54-43-42-49(3,4)5)46(50)40-38-36-34-32-30-17-15-13-11-9-7-2/h8,10-11,13-14,16,19-20,22-23,25-26,30,32,38,40,45-46,50H,6-7,9,12,15,17-18,21,24,27-29,31,33-37,39,41-44H2,1-5H3,(H-,48,51,52,53)/b10-8-,13-11+,16-14-,20-19-,23-22-,26-25-,32-30+,40-38+. The number of hydrogen-bond acceptors (Lipinski definition) is 6. The summed E-state index contributed by atoms with van der Waals surface area (Å²) in [6.45, 7) is 4.38. The fourth-order valence-electron chi connectivity index (χ4n) is 5.33. The van der Waals surface area contributed by atoms with E-state index in [0.717, 1.165) is 103 Å². The van der Waals surface area contributed by atoms with E-state index in [2.05, 4.69) is 104 Å². The predicted molar refractivity (Wildman–Crippen MR) is 237 cm³/mol. The van der Waals surface area contributed by atoms with Crippen LogP contribution < -0.4 is 10.2 Å². The maximum Gasteiger partial charge on any atom is 0.268 e. The van der Waals surface area contributed by atoms with Crippen molar-refractivity contribution in [1.29, 1.82) is 0 Å². The lowest BCUT2D eigenvalue weighted by Gasteiger charge is -2.29. The Morgan fingerprint density at radius 2 is 1.11 bits per heavy atom. The highest BCUT2D eigenvalue weighted by atomic mass is 31.2. The Labute approximate surface area is 343 Å². The van der Waals surface area contributed by atoms with Crippen molar-refractivity contribution in [3.8, 4) is 0 Å². The summed E-state index contributed by atoms with van der Waals surface area (Å²) in [7, 11) is 1.20. The van der Waals surface area contributed by atoms with Crippen LogP contribution in [0.15, 0.2) is 97.2 Å². The number of unbranched alkanes of at least 4 members (excludes halogenated alkanes) is 10. The van der Waals surface area contributed by atoms with E-state index in [1.807, 2.05) is 27.2 Å². The molecule has 320 valence electrons. The lowest BCUT2D eigenvalue weighted by Crippen LogP contribution is -2.45. The molecule has 0 radical (unpaired) electrons. The maximum atomic E-state index is 12.8. The van der Waals surface area contributed by atoms with Crippen molar-refractivity contribution >= 4 is 13.7 Å². The number of rotatable bonds is 37. The van der Waals surface area contributed by atoms with Crippen molar-refractivity contribution in [2.45, 2.75) is 154 Å². The van der Waals surface area contributed by atoms with Crippen LogP contribution in [-0.2, 0) is 18.4 Å². The number of aliphatic hydroxyl groups excluding tert-OH is 1. The molecule has 1 amide bonds. The van der Waals surface area contributed by atoms with Crippen LogP contribution in [0, 0.1) is 0 Å². The molecule has 0 aromatic carbocycles. The van der Waals surface area contributed by atoms with E-state index in [0.29, 0.717) is 17.4 Å². The van der Waals surface area contributed by atoms with Gasteiger partial charge in [-0.2, -0.15) is 0 Å². The molecule has 0 aromatic rings. The molecule has 9 heteroatoms. The van der Waals surface area contributed by atoms with Crippen molar-refractivity contribution in [2.75, 3.05) is 40.9 Å². The number of aliphatic hydroxyl groups is 1. The van der Waals surface area contributed by atoms with Crippen LogP contribution in [0.4, 0.5) is 0 Å². The third-order valence-electron chi connectivity index (χ3n) is 8.74. The first kappa shape index (κ1) is 53.4. The van der Waals surface area contributed by atoms with Gasteiger partial charge >= 0.3 is 0 Å². The Hall–Kier alpha value is -2.58. The van der Waals surface area contributed by atoms with Crippen LogP contribution >= 0.6 is 7.82 Å². The average Bonchev–Trinajstić information content (AvgIpc) is 3.15. The van der Waals surface area contributed by atoms with E-state index in [1.54, 1.807) is 6.08 Å². The third-order valence-corrected chi connectivity index (χ3v) is 9.70. The molecule has 0 saturated carbocycles. The molecular weight excluding hydrogens is 719 g/mol. The van der Waals surface area contributed by atoms with Gasteiger partial charge in [-0.25, -0.2) is 0 Å².